The quantitative estimate of drug-likeness (QED) is 0.732. The maximum Gasteiger partial charge on any atom is 0.263 e. The van der Waals surface area contributed by atoms with Crippen LogP contribution >= 0.6 is 0 Å². The van der Waals surface area contributed by atoms with Crippen LogP contribution in [0.15, 0.2) is 29.2 Å². The van der Waals surface area contributed by atoms with Gasteiger partial charge in [0.25, 0.3) is 5.92 Å². The molecule has 0 aliphatic carbocycles. The fourth-order valence-electron chi connectivity index (χ4n) is 4.65. The van der Waals surface area contributed by atoms with Gasteiger partial charge in [0.2, 0.25) is 0 Å². The lowest BCUT2D eigenvalue weighted by Gasteiger charge is -2.42. The van der Waals surface area contributed by atoms with Gasteiger partial charge in [-0.25, -0.2) is 17.2 Å². The predicted octanol–water partition coefficient (Wildman–Crippen LogP) is 3.92. The molecule has 7 heteroatoms. The summed E-state index contributed by atoms with van der Waals surface area (Å²) in [6.45, 7) is 6.82. The number of halogens is 2. The van der Waals surface area contributed by atoms with Gasteiger partial charge in [0.15, 0.2) is 9.84 Å². The van der Waals surface area contributed by atoms with Gasteiger partial charge in [0.05, 0.1) is 11.4 Å². The van der Waals surface area contributed by atoms with Crippen LogP contribution in [0.25, 0.3) is 0 Å². The molecule has 2 fully saturated rings. The summed E-state index contributed by atoms with van der Waals surface area (Å²) in [5, 5.41) is 0. The molecule has 0 bridgehead atoms. The lowest BCUT2D eigenvalue weighted by molar-refractivity contribution is -0.127. The topological polar surface area (TPSA) is 40.6 Å². The van der Waals surface area contributed by atoms with Gasteiger partial charge in [-0.05, 0) is 55.8 Å². The highest BCUT2D eigenvalue weighted by atomic mass is 32.2. The smallest absolute Gasteiger partial charge is 0.263 e. The van der Waals surface area contributed by atoms with E-state index < -0.39 is 21.7 Å². The molecule has 158 valence electrons. The summed E-state index contributed by atoms with van der Waals surface area (Å²) in [5.41, 5.74) is 0.922. The summed E-state index contributed by atoms with van der Waals surface area (Å²) < 4.78 is 52.4. The Morgan fingerprint density at radius 3 is 2.39 bits per heavy atom. The molecule has 0 N–H and O–H groups in total. The maximum absolute atomic E-state index is 14.4. The Morgan fingerprint density at radius 2 is 1.82 bits per heavy atom. The van der Waals surface area contributed by atoms with Gasteiger partial charge in [0.1, 0.15) is 0 Å². The molecule has 3 rings (SSSR count). The molecular formula is C21H32F2N2O2S. The third kappa shape index (κ3) is 5.03. The van der Waals surface area contributed by atoms with Crippen LogP contribution in [0.3, 0.4) is 0 Å². The molecule has 0 radical (unpaired) electrons. The first-order valence-electron chi connectivity index (χ1n) is 10.2. The SMILES string of the molecule is CC(C)C1CCN(CC2CCN(c3cccc(S(C)(=O)=O)c3)CC2)CC1(F)F. The number of sulfone groups is 1. The first-order valence-corrected chi connectivity index (χ1v) is 12.1. The molecule has 1 aromatic rings. The number of alkyl halides is 2. The van der Waals surface area contributed by atoms with Crippen molar-refractivity contribution in [2.75, 3.05) is 43.9 Å². The van der Waals surface area contributed by atoms with Gasteiger partial charge in [-0.1, -0.05) is 19.9 Å². The van der Waals surface area contributed by atoms with E-state index in [2.05, 4.69) is 4.90 Å². The maximum atomic E-state index is 14.4. The van der Waals surface area contributed by atoms with E-state index in [4.69, 9.17) is 0 Å². The van der Waals surface area contributed by atoms with Crippen LogP contribution in [-0.4, -0.2) is 58.2 Å². The minimum Gasteiger partial charge on any atom is -0.371 e. The highest BCUT2D eigenvalue weighted by Gasteiger charge is 2.45. The second-order valence-electron chi connectivity index (χ2n) is 8.84. The second kappa shape index (κ2) is 8.27. The van der Waals surface area contributed by atoms with Crippen LogP contribution in [-0.2, 0) is 9.84 Å². The molecule has 2 aliphatic heterocycles. The van der Waals surface area contributed by atoms with Crippen molar-refractivity contribution in [3.8, 4) is 0 Å². The predicted molar refractivity (Wildman–Crippen MR) is 109 cm³/mol. The average Bonchev–Trinajstić information content (AvgIpc) is 2.60. The van der Waals surface area contributed by atoms with Crippen LogP contribution in [0.2, 0.25) is 0 Å². The van der Waals surface area contributed by atoms with E-state index in [1.807, 2.05) is 24.8 Å². The number of likely N-dealkylation sites (tertiary alicyclic amines) is 1. The molecule has 0 spiro atoms. The summed E-state index contributed by atoms with van der Waals surface area (Å²) >= 11 is 0. The molecule has 28 heavy (non-hydrogen) atoms. The normalized spacial score (nSPS) is 24.6. The summed E-state index contributed by atoms with van der Waals surface area (Å²) in [5.74, 6) is -2.67. The van der Waals surface area contributed by atoms with E-state index in [9.17, 15) is 17.2 Å². The minimum atomic E-state index is -3.22. The average molecular weight is 415 g/mol. The van der Waals surface area contributed by atoms with Crippen molar-refractivity contribution >= 4 is 15.5 Å². The van der Waals surface area contributed by atoms with E-state index in [-0.39, 0.29) is 12.5 Å². The Labute approximate surface area is 167 Å². The number of nitrogens with zero attached hydrogens (tertiary/aromatic N) is 2. The molecule has 4 nitrogen and oxygen atoms in total. The molecule has 2 saturated heterocycles. The van der Waals surface area contributed by atoms with Crippen molar-refractivity contribution in [1.29, 1.82) is 0 Å². The number of anilines is 1. The van der Waals surface area contributed by atoms with E-state index >= 15 is 0 Å². The van der Waals surface area contributed by atoms with E-state index in [0.717, 1.165) is 44.7 Å². The number of hydrogen-bond acceptors (Lipinski definition) is 4. The van der Waals surface area contributed by atoms with Crippen molar-refractivity contribution in [3.05, 3.63) is 24.3 Å². The zero-order valence-corrected chi connectivity index (χ0v) is 17.9. The lowest BCUT2D eigenvalue weighted by atomic mass is 9.83. The Bertz CT molecular complexity index is 774. The Morgan fingerprint density at radius 1 is 1.14 bits per heavy atom. The van der Waals surface area contributed by atoms with Crippen molar-refractivity contribution in [2.45, 2.75) is 43.9 Å². The number of piperidine rings is 2. The van der Waals surface area contributed by atoms with Crippen LogP contribution in [0, 0.1) is 17.8 Å². The third-order valence-electron chi connectivity index (χ3n) is 6.28. The summed E-state index contributed by atoms with van der Waals surface area (Å²) in [6.07, 6.45) is 3.68. The third-order valence-corrected chi connectivity index (χ3v) is 7.39. The highest BCUT2D eigenvalue weighted by Crippen LogP contribution is 2.38. The molecule has 1 unspecified atom stereocenters. The van der Waals surface area contributed by atoms with Gasteiger partial charge < -0.3 is 4.90 Å². The first kappa shape index (κ1) is 21.5. The fourth-order valence-corrected chi connectivity index (χ4v) is 5.31. The lowest BCUT2D eigenvalue weighted by Crippen LogP contribution is -2.51. The van der Waals surface area contributed by atoms with Crippen LogP contribution in [0.5, 0.6) is 0 Å². The monoisotopic (exact) mass is 414 g/mol. The second-order valence-corrected chi connectivity index (χ2v) is 10.9. The Kier molecular flexibility index (Phi) is 6.35. The number of rotatable bonds is 5. The minimum absolute atomic E-state index is 0.0167. The molecular weight excluding hydrogens is 382 g/mol. The van der Waals surface area contributed by atoms with E-state index in [1.54, 1.807) is 18.2 Å². The van der Waals surface area contributed by atoms with Gasteiger partial charge in [0, 0.05) is 37.5 Å². The summed E-state index contributed by atoms with van der Waals surface area (Å²) in [7, 11) is -3.22. The van der Waals surface area contributed by atoms with Crippen LogP contribution < -0.4 is 4.90 Å². The standard InChI is InChI=1S/C21H32F2N2O2S/c1-16(2)20-9-10-24(15-21(20,22)23)14-17-7-11-25(12-8-17)18-5-4-6-19(13-18)28(3,26)27/h4-6,13,16-17,20H,7-12,14-15H2,1-3H3. The van der Waals surface area contributed by atoms with Crippen molar-refractivity contribution in [2.24, 2.45) is 17.8 Å². The molecule has 0 aromatic heterocycles. The van der Waals surface area contributed by atoms with E-state index in [0.29, 0.717) is 17.2 Å². The van der Waals surface area contributed by atoms with Crippen molar-refractivity contribution in [3.63, 3.8) is 0 Å². The van der Waals surface area contributed by atoms with Gasteiger partial charge in [-0.2, -0.15) is 0 Å². The summed E-state index contributed by atoms with van der Waals surface area (Å²) in [4.78, 5) is 4.48. The molecule has 0 saturated carbocycles. The fraction of sp³-hybridized carbons (Fsp3) is 0.714. The van der Waals surface area contributed by atoms with Crippen LogP contribution in [0.4, 0.5) is 14.5 Å². The Hall–Kier alpha value is -1.21. The zero-order chi connectivity index (χ0) is 20.5. The van der Waals surface area contributed by atoms with Gasteiger partial charge >= 0.3 is 0 Å². The van der Waals surface area contributed by atoms with Crippen molar-refractivity contribution in [1.82, 2.24) is 4.90 Å². The van der Waals surface area contributed by atoms with Crippen molar-refractivity contribution < 1.29 is 17.2 Å². The number of benzene rings is 1. The Balaban J connectivity index is 1.54. The largest absolute Gasteiger partial charge is 0.371 e. The van der Waals surface area contributed by atoms with Crippen LogP contribution in [0.1, 0.15) is 33.1 Å². The zero-order valence-electron chi connectivity index (χ0n) is 17.1. The molecule has 0 amide bonds. The molecule has 2 heterocycles. The van der Waals surface area contributed by atoms with Gasteiger partial charge in [-0.3, -0.25) is 4.90 Å². The molecule has 1 aromatic carbocycles. The van der Waals surface area contributed by atoms with Gasteiger partial charge in [-0.15, -0.1) is 0 Å². The highest BCUT2D eigenvalue weighted by molar-refractivity contribution is 7.90. The van der Waals surface area contributed by atoms with E-state index in [1.165, 1.54) is 6.26 Å². The number of hydrogen-bond donors (Lipinski definition) is 0. The summed E-state index contributed by atoms with van der Waals surface area (Å²) in [6, 6.07) is 7.06. The molecule has 1 atom stereocenters. The first-order chi connectivity index (χ1) is 13.1. The molecule has 2 aliphatic rings.